The Morgan fingerprint density at radius 2 is 1.68 bits per heavy atom. The summed E-state index contributed by atoms with van der Waals surface area (Å²) < 4.78 is 0. The summed E-state index contributed by atoms with van der Waals surface area (Å²) in [7, 11) is 1.65. The number of nitrogens with one attached hydrogen (secondary N) is 2. The predicted octanol–water partition coefficient (Wildman–Crippen LogP) is 0.262. The van der Waals surface area contributed by atoms with Gasteiger partial charge in [-0.1, -0.05) is 0 Å². The first kappa shape index (κ1) is 17.2. The highest BCUT2D eigenvalue weighted by Crippen LogP contribution is 2.02. The van der Waals surface area contributed by atoms with Crippen LogP contribution in [0.15, 0.2) is 0 Å². The average molecular weight is 273 g/mol. The van der Waals surface area contributed by atoms with E-state index in [-0.39, 0.29) is 5.91 Å². The van der Waals surface area contributed by atoms with E-state index in [0.717, 1.165) is 0 Å². The van der Waals surface area contributed by atoms with Crippen LogP contribution in [0, 0.1) is 5.92 Å². The lowest BCUT2D eigenvalue weighted by Gasteiger charge is -2.23. The van der Waals surface area contributed by atoms with Gasteiger partial charge in [-0.05, 0) is 27.7 Å². The fourth-order valence-corrected chi connectivity index (χ4v) is 1.33. The van der Waals surface area contributed by atoms with Crippen molar-refractivity contribution < 1.29 is 19.5 Å². The predicted molar refractivity (Wildman–Crippen MR) is 70.7 cm³/mol. The van der Waals surface area contributed by atoms with E-state index in [1.165, 1.54) is 11.8 Å². The highest BCUT2D eigenvalue weighted by Gasteiger charge is 2.23. The molecule has 0 rings (SSSR count). The maximum Gasteiger partial charge on any atom is 0.315 e. The third-order valence-electron chi connectivity index (χ3n) is 3.07. The van der Waals surface area contributed by atoms with Crippen molar-refractivity contribution in [2.24, 2.45) is 5.92 Å². The Bertz CT molecular complexity index is 346. The second-order valence-electron chi connectivity index (χ2n) is 4.61. The molecule has 3 amide bonds. The highest BCUT2D eigenvalue weighted by atomic mass is 16.4. The zero-order valence-electron chi connectivity index (χ0n) is 12.1. The third kappa shape index (κ3) is 5.58. The molecule has 3 N–H and O–H groups in total. The molecule has 0 aromatic heterocycles. The van der Waals surface area contributed by atoms with Crippen LogP contribution in [0.4, 0.5) is 4.79 Å². The van der Waals surface area contributed by atoms with E-state index in [1.807, 2.05) is 6.92 Å². The molecule has 3 atom stereocenters. The number of amides is 3. The zero-order chi connectivity index (χ0) is 15.2. The van der Waals surface area contributed by atoms with Crippen LogP contribution in [0.5, 0.6) is 0 Å². The lowest BCUT2D eigenvalue weighted by atomic mass is 10.0. The van der Waals surface area contributed by atoms with Crippen LogP contribution in [-0.2, 0) is 9.59 Å². The molecule has 0 aromatic carbocycles. The van der Waals surface area contributed by atoms with E-state index >= 15 is 0 Å². The molecular weight excluding hydrogens is 250 g/mol. The van der Waals surface area contributed by atoms with Crippen molar-refractivity contribution in [2.75, 3.05) is 13.6 Å². The average Bonchev–Trinajstić information content (AvgIpc) is 2.35. The molecule has 0 aromatic rings. The molecule has 7 heteroatoms. The standard InChI is InChI=1S/C12H23N3O4/c1-6-15(5)10(16)9(4)14-12(19)13-8(3)7(2)11(17)18/h7-9H,6H2,1-5H3,(H,17,18)(H2,13,14,19). The van der Waals surface area contributed by atoms with Crippen LogP contribution in [-0.4, -0.2) is 53.6 Å². The van der Waals surface area contributed by atoms with Crippen LogP contribution in [0.3, 0.4) is 0 Å². The van der Waals surface area contributed by atoms with Gasteiger partial charge in [-0.25, -0.2) is 4.79 Å². The number of urea groups is 1. The van der Waals surface area contributed by atoms with Gasteiger partial charge in [0, 0.05) is 19.6 Å². The first-order valence-electron chi connectivity index (χ1n) is 6.25. The van der Waals surface area contributed by atoms with Crippen molar-refractivity contribution in [3.63, 3.8) is 0 Å². The molecule has 0 bridgehead atoms. The minimum absolute atomic E-state index is 0.198. The summed E-state index contributed by atoms with van der Waals surface area (Å²) in [6.45, 7) is 7.08. The second kappa shape index (κ2) is 7.60. The van der Waals surface area contributed by atoms with E-state index in [1.54, 1.807) is 20.9 Å². The summed E-state index contributed by atoms with van der Waals surface area (Å²) in [5, 5.41) is 13.8. The molecular formula is C12H23N3O4. The van der Waals surface area contributed by atoms with Gasteiger partial charge in [-0.3, -0.25) is 9.59 Å². The number of nitrogens with zero attached hydrogens (tertiary/aromatic N) is 1. The number of hydrogen-bond donors (Lipinski definition) is 3. The molecule has 0 saturated carbocycles. The molecule has 3 unspecified atom stereocenters. The number of aliphatic carboxylic acids is 1. The summed E-state index contributed by atoms with van der Waals surface area (Å²) in [4.78, 5) is 35.6. The number of carboxylic acid groups (broad SMARTS) is 1. The van der Waals surface area contributed by atoms with Gasteiger partial charge in [0.25, 0.3) is 0 Å². The van der Waals surface area contributed by atoms with Crippen molar-refractivity contribution in [1.82, 2.24) is 15.5 Å². The Morgan fingerprint density at radius 1 is 1.16 bits per heavy atom. The molecule has 0 aliphatic heterocycles. The number of hydrogen-bond acceptors (Lipinski definition) is 3. The molecule has 0 fully saturated rings. The van der Waals surface area contributed by atoms with Crippen molar-refractivity contribution in [3.05, 3.63) is 0 Å². The van der Waals surface area contributed by atoms with Gasteiger partial charge in [0.2, 0.25) is 5.91 Å². The molecule has 0 aliphatic carbocycles. The summed E-state index contributed by atoms with van der Waals surface area (Å²) in [5.41, 5.74) is 0. The Balaban J connectivity index is 4.32. The quantitative estimate of drug-likeness (QED) is 0.646. The van der Waals surface area contributed by atoms with Crippen LogP contribution >= 0.6 is 0 Å². The van der Waals surface area contributed by atoms with E-state index in [0.29, 0.717) is 6.54 Å². The van der Waals surface area contributed by atoms with Gasteiger partial charge in [0.1, 0.15) is 6.04 Å². The topological polar surface area (TPSA) is 98.7 Å². The third-order valence-corrected chi connectivity index (χ3v) is 3.07. The fourth-order valence-electron chi connectivity index (χ4n) is 1.33. The van der Waals surface area contributed by atoms with Gasteiger partial charge in [0.05, 0.1) is 5.92 Å². The number of likely N-dealkylation sites (N-methyl/N-ethyl adjacent to an activating group) is 1. The molecule has 0 spiro atoms. The molecule has 0 heterocycles. The summed E-state index contributed by atoms with van der Waals surface area (Å²) in [6.07, 6.45) is 0. The molecule has 0 saturated heterocycles. The van der Waals surface area contributed by atoms with E-state index in [9.17, 15) is 14.4 Å². The monoisotopic (exact) mass is 273 g/mol. The number of carbonyl (C=O) groups is 3. The second-order valence-corrected chi connectivity index (χ2v) is 4.61. The molecule has 0 radical (unpaired) electrons. The van der Waals surface area contributed by atoms with E-state index in [4.69, 9.17) is 5.11 Å². The lowest BCUT2D eigenvalue weighted by molar-refractivity contribution is -0.141. The SMILES string of the molecule is CCN(C)C(=O)C(C)NC(=O)NC(C)C(C)C(=O)O. The van der Waals surface area contributed by atoms with Gasteiger partial charge in [-0.2, -0.15) is 0 Å². The van der Waals surface area contributed by atoms with Crippen LogP contribution in [0.2, 0.25) is 0 Å². The molecule has 0 aliphatic rings. The Kier molecular flexibility index (Phi) is 6.89. The zero-order valence-corrected chi connectivity index (χ0v) is 12.1. The molecule has 7 nitrogen and oxygen atoms in total. The largest absolute Gasteiger partial charge is 0.481 e. The fraction of sp³-hybridized carbons (Fsp3) is 0.750. The van der Waals surface area contributed by atoms with Crippen molar-refractivity contribution in [2.45, 2.75) is 39.8 Å². The molecule has 110 valence electrons. The maximum absolute atomic E-state index is 11.7. The van der Waals surface area contributed by atoms with E-state index < -0.39 is 30.0 Å². The van der Waals surface area contributed by atoms with Gasteiger partial charge < -0.3 is 20.6 Å². The van der Waals surface area contributed by atoms with Crippen LogP contribution in [0.1, 0.15) is 27.7 Å². The van der Waals surface area contributed by atoms with Crippen molar-refractivity contribution in [3.8, 4) is 0 Å². The first-order valence-corrected chi connectivity index (χ1v) is 6.25. The minimum atomic E-state index is -0.984. The van der Waals surface area contributed by atoms with Gasteiger partial charge >= 0.3 is 12.0 Å². The van der Waals surface area contributed by atoms with E-state index in [2.05, 4.69) is 10.6 Å². The Morgan fingerprint density at radius 3 is 2.11 bits per heavy atom. The van der Waals surface area contributed by atoms with Crippen LogP contribution < -0.4 is 10.6 Å². The van der Waals surface area contributed by atoms with Crippen molar-refractivity contribution >= 4 is 17.9 Å². The normalized spacial score (nSPS) is 15.0. The number of carbonyl (C=O) groups excluding carboxylic acids is 2. The maximum atomic E-state index is 11.7. The highest BCUT2D eigenvalue weighted by molar-refractivity contribution is 5.86. The Hall–Kier alpha value is -1.79. The van der Waals surface area contributed by atoms with Crippen LogP contribution in [0.25, 0.3) is 0 Å². The van der Waals surface area contributed by atoms with Gasteiger partial charge in [-0.15, -0.1) is 0 Å². The summed E-state index contributed by atoms with van der Waals surface area (Å²) in [5.74, 6) is -1.88. The lowest BCUT2D eigenvalue weighted by Crippen LogP contribution is -2.52. The van der Waals surface area contributed by atoms with Crippen molar-refractivity contribution in [1.29, 1.82) is 0 Å². The summed E-state index contributed by atoms with van der Waals surface area (Å²) >= 11 is 0. The Labute approximate surface area is 113 Å². The minimum Gasteiger partial charge on any atom is -0.481 e. The summed E-state index contributed by atoms with van der Waals surface area (Å²) in [6, 6.07) is -1.73. The smallest absolute Gasteiger partial charge is 0.315 e. The first-order chi connectivity index (χ1) is 8.70. The molecule has 19 heavy (non-hydrogen) atoms. The van der Waals surface area contributed by atoms with Gasteiger partial charge in [0.15, 0.2) is 0 Å². The number of carboxylic acids is 1. The number of rotatable bonds is 6.